The Morgan fingerprint density at radius 1 is 1.50 bits per heavy atom. The van der Waals surface area contributed by atoms with Crippen molar-refractivity contribution in [1.29, 1.82) is 5.26 Å². The standard InChI is InChI=1S/C8H10N2O4/c1-2-5(3-9)4-10-6(7(11)12)8(13)14/h4,6,10H,2H2,1H3,(H,11,12)(H,13,14). The van der Waals surface area contributed by atoms with Crippen LogP contribution in [0, 0.1) is 11.3 Å². The molecule has 0 heterocycles. The van der Waals surface area contributed by atoms with Crippen LogP contribution in [0.1, 0.15) is 13.3 Å². The van der Waals surface area contributed by atoms with E-state index < -0.39 is 18.0 Å². The Morgan fingerprint density at radius 2 is 2.00 bits per heavy atom. The molecule has 0 aromatic carbocycles. The van der Waals surface area contributed by atoms with E-state index in [2.05, 4.69) is 5.32 Å². The summed E-state index contributed by atoms with van der Waals surface area (Å²) in [4.78, 5) is 20.7. The number of nitrogens with zero attached hydrogens (tertiary/aromatic N) is 1. The quantitative estimate of drug-likeness (QED) is 0.421. The van der Waals surface area contributed by atoms with E-state index in [-0.39, 0.29) is 5.57 Å². The van der Waals surface area contributed by atoms with E-state index in [1.807, 2.05) is 0 Å². The number of hydrogen-bond acceptors (Lipinski definition) is 4. The second kappa shape index (κ2) is 5.59. The first-order chi connectivity index (χ1) is 6.52. The van der Waals surface area contributed by atoms with Crippen molar-refractivity contribution in [2.75, 3.05) is 0 Å². The Morgan fingerprint density at radius 3 is 2.29 bits per heavy atom. The second-order valence-electron chi connectivity index (χ2n) is 2.41. The number of carboxylic acid groups (broad SMARTS) is 2. The molecule has 0 aromatic heterocycles. The first-order valence-electron chi connectivity index (χ1n) is 3.83. The van der Waals surface area contributed by atoms with Crippen LogP contribution in [0.15, 0.2) is 11.8 Å². The minimum absolute atomic E-state index is 0.289. The zero-order chi connectivity index (χ0) is 11.1. The van der Waals surface area contributed by atoms with Crippen LogP contribution in [0.4, 0.5) is 0 Å². The van der Waals surface area contributed by atoms with Crippen molar-refractivity contribution >= 4 is 11.9 Å². The maximum absolute atomic E-state index is 10.4. The van der Waals surface area contributed by atoms with E-state index in [4.69, 9.17) is 15.5 Å². The molecule has 0 saturated carbocycles. The summed E-state index contributed by atoms with van der Waals surface area (Å²) in [6.45, 7) is 1.70. The van der Waals surface area contributed by atoms with Gasteiger partial charge in [0.15, 0.2) is 0 Å². The predicted molar refractivity (Wildman–Crippen MR) is 46.2 cm³/mol. The third-order valence-corrected chi connectivity index (χ3v) is 1.44. The van der Waals surface area contributed by atoms with Gasteiger partial charge in [0.1, 0.15) is 0 Å². The lowest BCUT2D eigenvalue weighted by Gasteiger charge is -2.06. The summed E-state index contributed by atoms with van der Waals surface area (Å²) in [5.41, 5.74) is 0.289. The van der Waals surface area contributed by atoms with Crippen molar-refractivity contribution in [1.82, 2.24) is 5.32 Å². The van der Waals surface area contributed by atoms with Gasteiger partial charge in [-0.1, -0.05) is 6.92 Å². The fourth-order valence-electron chi connectivity index (χ4n) is 0.646. The summed E-state index contributed by atoms with van der Waals surface area (Å²) in [5, 5.41) is 27.5. The largest absolute Gasteiger partial charge is 0.479 e. The normalized spacial score (nSPS) is 10.8. The van der Waals surface area contributed by atoms with Gasteiger partial charge in [-0.05, 0) is 6.42 Å². The highest BCUT2D eigenvalue weighted by Gasteiger charge is 2.23. The number of allylic oxidation sites excluding steroid dienone is 1. The highest BCUT2D eigenvalue weighted by molar-refractivity contribution is 5.97. The van der Waals surface area contributed by atoms with Crippen LogP contribution in [-0.2, 0) is 9.59 Å². The minimum atomic E-state index is -1.72. The molecule has 0 bridgehead atoms. The SMILES string of the molecule is CCC(C#N)=CNC(C(=O)O)C(=O)O. The molecular formula is C8H10N2O4. The van der Waals surface area contributed by atoms with Gasteiger partial charge in [-0.3, -0.25) is 0 Å². The molecule has 0 aliphatic carbocycles. The van der Waals surface area contributed by atoms with Crippen LogP contribution in [0.5, 0.6) is 0 Å². The highest BCUT2D eigenvalue weighted by Crippen LogP contribution is 1.96. The maximum atomic E-state index is 10.4. The molecule has 6 nitrogen and oxygen atoms in total. The van der Waals surface area contributed by atoms with Gasteiger partial charge in [0, 0.05) is 11.8 Å². The lowest BCUT2D eigenvalue weighted by molar-refractivity contribution is -0.150. The van der Waals surface area contributed by atoms with Gasteiger partial charge in [-0.25, -0.2) is 9.59 Å². The second-order valence-corrected chi connectivity index (χ2v) is 2.41. The average molecular weight is 198 g/mol. The molecule has 0 unspecified atom stereocenters. The summed E-state index contributed by atoms with van der Waals surface area (Å²) < 4.78 is 0. The van der Waals surface area contributed by atoms with Crippen molar-refractivity contribution in [3.05, 3.63) is 11.8 Å². The molecule has 0 radical (unpaired) electrons. The van der Waals surface area contributed by atoms with E-state index in [0.717, 1.165) is 6.20 Å². The first-order valence-corrected chi connectivity index (χ1v) is 3.83. The molecule has 6 heteroatoms. The Labute approximate surface area is 80.5 Å². The van der Waals surface area contributed by atoms with Crippen molar-refractivity contribution in [2.24, 2.45) is 0 Å². The third kappa shape index (κ3) is 3.58. The van der Waals surface area contributed by atoms with E-state index in [9.17, 15) is 9.59 Å². The Bertz CT molecular complexity index is 289. The molecule has 0 spiro atoms. The molecule has 0 aromatic rings. The van der Waals surface area contributed by atoms with Gasteiger partial charge < -0.3 is 15.5 Å². The smallest absolute Gasteiger partial charge is 0.337 e. The molecule has 0 saturated heterocycles. The van der Waals surface area contributed by atoms with Crippen molar-refractivity contribution in [2.45, 2.75) is 19.4 Å². The number of hydrogen-bond donors (Lipinski definition) is 3. The average Bonchev–Trinajstić information content (AvgIpc) is 2.11. The molecule has 0 aliphatic heterocycles. The van der Waals surface area contributed by atoms with Gasteiger partial charge in [0.25, 0.3) is 0 Å². The van der Waals surface area contributed by atoms with E-state index in [0.29, 0.717) is 6.42 Å². The Hall–Kier alpha value is -2.03. The van der Waals surface area contributed by atoms with Gasteiger partial charge in [0.05, 0.1) is 6.07 Å². The van der Waals surface area contributed by atoms with Gasteiger partial charge in [0.2, 0.25) is 6.04 Å². The van der Waals surface area contributed by atoms with Crippen LogP contribution >= 0.6 is 0 Å². The van der Waals surface area contributed by atoms with E-state index in [1.165, 1.54) is 0 Å². The van der Waals surface area contributed by atoms with Crippen molar-refractivity contribution < 1.29 is 19.8 Å². The summed E-state index contributed by atoms with van der Waals surface area (Å²) in [6.07, 6.45) is 1.52. The summed E-state index contributed by atoms with van der Waals surface area (Å²) in [7, 11) is 0. The lowest BCUT2D eigenvalue weighted by Crippen LogP contribution is -2.40. The van der Waals surface area contributed by atoms with Crippen LogP contribution in [0.25, 0.3) is 0 Å². The summed E-state index contributed by atoms with van der Waals surface area (Å²) >= 11 is 0. The Balaban J connectivity index is 4.49. The topological polar surface area (TPSA) is 110 Å². The van der Waals surface area contributed by atoms with Gasteiger partial charge >= 0.3 is 11.9 Å². The fourth-order valence-corrected chi connectivity index (χ4v) is 0.646. The van der Waals surface area contributed by atoms with Crippen molar-refractivity contribution in [3.8, 4) is 6.07 Å². The van der Waals surface area contributed by atoms with Gasteiger partial charge in [-0.2, -0.15) is 5.26 Å². The number of aliphatic carboxylic acids is 2. The van der Waals surface area contributed by atoms with Crippen LogP contribution in [-0.4, -0.2) is 28.2 Å². The van der Waals surface area contributed by atoms with E-state index in [1.54, 1.807) is 13.0 Å². The fraction of sp³-hybridized carbons (Fsp3) is 0.375. The van der Waals surface area contributed by atoms with Crippen LogP contribution in [0.3, 0.4) is 0 Å². The molecule has 0 amide bonds. The molecule has 0 atom stereocenters. The zero-order valence-corrected chi connectivity index (χ0v) is 7.52. The molecule has 3 N–H and O–H groups in total. The molecule has 76 valence electrons. The third-order valence-electron chi connectivity index (χ3n) is 1.44. The number of rotatable bonds is 5. The maximum Gasteiger partial charge on any atom is 0.337 e. The number of carbonyl (C=O) groups is 2. The number of nitrogens with one attached hydrogen (secondary N) is 1. The Kier molecular flexibility index (Phi) is 4.78. The minimum Gasteiger partial charge on any atom is -0.479 e. The van der Waals surface area contributed by atoms with Crippen LogP contribution < -0.4 is 5.32 Å². The predicted octanol–water partition coefficient (Wildman–Crippen LogP) is -0.0687. The molecule has 14 heavy (non-hydrogen) atoms. The number of nitriles is 1. The monoisotopic (exact) mass is 198 g/mol. The van der Waals surface area contributed by atoms with Crippen LogP contribution in [0.2, 0.25) is 0 Å². The highest BCUT2D eigenvalue weighted by atomic mass is 16.4. The number of carboxylic acids is 2. The molecular weight excluding hydrogens is 188 g/mol. The van der Waals surface area contributed by atoms with E-state index >= 15 is 0 Å². The summed E-state index contributed by atoms with van der Waals surface area (Å²) in [5.74, 6) is -3.00. The van der Waals surface area contributed by atoms with Gasteiger partial charge in [-0.15, -0.1) is 0 Å². The molecule has 0 rings (SSSR count). The zero-order valence-electron chi connectivity index (χ0n) is 7.52. The summed E-state index contributed by atoms with van der Waals surface area (Å²) in [6, 6.07) is 0.0800. The molecule has 0 aliphatic rings. The first kappa shape index (κ1) is 12.0. The molecule has 0 fully saturated rings. The lowest BCUT2D eigenvalue weighted by atomic mass is 10.2. The van der Waals surface area contributed by atoms with Crippen molar-refractivity contribution in [3.63, 3.8) is 0 Å².